The molecule has 2 rings (SSSR count). The zero-order chi connectivity index (χ0) is 13.8. The summed E-state index contributed by atoms with van der Waals surface area (Å²) < 4.78 is 1.08. The molecule has 0 aliphatic heterocycles. The van der Waals surface area contributed by atoms with Crippen molar-refractivity contribution in [1.29, 1.82) is 0 Å². The minimum absolute atomic E-state index is 0.0478. The molecule has 1 amide bonds. The molecule has 0 saturated heterocycles. The summed E-state index contributed by atoms with van der Waals surface area (Å²) in [5, 5.41) is 7.51. The Kier molecular flexibility index (Phi) is 4.61. The molecule has 0 spiro atoms. The molecule has 4 nitrogen and oxygen atoms in total. The highest BCUT2D eigenvalue weighted by Gasteiger charge is 2.06. The molecule has 19 heavy (non-hydrogen) atoms. The monoisotopic (exact) mass is 297 g/mol. The molecule has 2 N–H and O–H groups in total. The van der Waals surface area contributed by atoms with Crippen LogP contribution in [0.3, 0.4) is 0 Å². The summed E-state index contributed by atoms with van der Waals surface area (Å²) in [7, 11) is 0. The second kappa shape index (κ2) is 6.21. The van der Waals surface area contributed by atoms with Crippen LogP contribution >= 0.6 is 22.9 Å². The Morgan fingerprint density at radius 2 is 2.26 bits per heavy atom. The van der Waals surface area contributed by atoms with E-state index in [-0.39, 0.29) is 11.9 Å². The highest BCUT2D eigenvalue weighted by Crippen LogP contribution is 2.27. The Labute approximate surface area is 121 Å². The van der Waals surface area contributed by atoms with E-state index in [9.17, 15) is 4.79 Å². The molecule has 0 atom stereocenters. The van der Waals surface area contributed by atoms with Gasteiger partial charge in [0, 0.05) is 24.0 Å². The zero-order valence-corrected chi connectivity index (χ0v) is 12.4. The van der Waals surface area contributed by atoms with Crippen molar-refractivity contribution in [3.63, 3.8) is 0 Å². The van der Waals surface area contributed by atoms with Crippen LogP contribution < -0.4 is 10.6 Å². The van der Waals surface area contributed by atoms with Gasteiger partial charge in [-0.15, -0.1) is 0 Å². The van der Waals surface area contributed by atoms with E-state index >= 15 is 0 Å². The van der Waals surface area contributed by atoms with Crippen LogP contribution in [-0.2, 0) is 4.79 Å². The number of amides is 1. The van der Waals surface area contributed by atoms with Crippen LogP contribution in [-0.4, -0.2) is 23.5 Å². The van der Waals surface area contributed by atoms with Crippen LogP contribution in [0, 0.1) is 0 Å². The van der Waals surface area contributed by atoms with Crippen molar-refractivity contribution in [1.82, 2.24) is 10.3 Å². The molecule has 0 fully saturated rings. The Morgan fingerprint density at radius 3 is 3.00 bits per heavy atom. The van der Waals surface area contributed by atoms with Gasteiger partial charge in [-0.25, -0.2) is 4.98 Å². The average Bonchev–Trinajstić information content (AvgIpc) is 2.69. The van der Waals surface area contributed by atoms with Gasteiger partial charge in [0.25, 0.3) is 0 Å². The molecule has 0 unspecified atom stereocenters. The molecule has 0 aliphatic rings. The van der Waals surface area contributed by atoms with Crippen LogP contribution in [0.25, 0.3) is 10.2 Å². The molecule has 102 valence electrons. The van der Waals surface area contributed by atoms with Gasteiger partial charge in [0.1, 0.15) is 0 Å². The SMILES string of the molecule is CC(C)NC(=O)CCNc1nc2cc(Cl)ccc2s1. The highest BCUT2D eigenvalue weighted by molar-refractivity contribution is 7.22. The lowest BCUT2D eigenvalue weighted by Crippen LogP contribution is -2.31. The maximum absolute atomic E-state index is 11.5. The van der Waals surface area contributed by atoms with Crippen molar-refractivity contribution in [3.8, 4) is 0 Å². The molecule has 0 saturated carbocycles. The number of thiazole rings is 1. The van der Waals surface area contributed by atoms with Gasteiger partial charge in [0.05, 0.1) is 10.2 Å². The van der Waals surface area contributed by atoms with Crippen molar-refractivity contribution in [2.75, 3.05) is 11.9 Å². The number of carbonyl (C=O) groups is 1. The fourth-order valence-corrected chi connectivity index (χ4v) is 2.69. The van der Waals surface area contributed by atoms with Gasteiger partial charge >= 0.3 is 0 Å². The number of nitrogens with zero attached hydrogens (tertiary/aromatic N) is 1. The molecule has 0 bridgehead atoms. The van der Waals surface area contributed by atoms with Gasteiger partial charge in [-0.05, 0) is 32.0 Å². The number of rotatable bonds is 5. The number of carbonyl (C=O) groups excluding carboxylic acids is 1. The van der Waals surface area contributed by atoms with Gasteiger partial charge < -0.3 is 10.6 Å². The Hall–Kier alpha value is -1.33. The topological polar surface area (TPSA) is 54.0 Å². The molecule has 1 aromatic heterocycles. The summed E-state index contributed by atoms with van der Waals surface area (Å²) in [4.78, 5) is 15.9. The first kappa shape index (κ1) is 14.1. The van der Waals surface area contributed by atoms with Gasteiger partial charge in [-0.2, -0.15) is 0 Å². The van der Waals surface area contributed by atoms with E-state index in [1.54, 1.807) is 11.3 Å². The first-order valence-corrected chi connectivity index (χ1v) is 7.33. The summed E-state index contributed by atoms with van der Waals surface area (Å²) in [6.45, 7) is 4.47. The lowest BCUT2D eigenvalue weighted by Gasteiger charge is -2.08. The number of hydrogen-bond acceptors (Lipinski definition) is 4. The Balaban J connectivity index is 1.89. The van der Waals surface area contributed by atoms with Gasteiger partial charge in [0.2, 0.25) is 5.91 Å². The summed E-state index contributed by atoms with van der Waals surface area (Å²) in [6, 6.07) is 5.81. The van der Waals surface area contributed by atoms with Crippen LogP contribution in [0.1, 0.15) is 20.3 Å². The van der Waals surface area contributed by atoms with Crippen molar-refractivity contribution in [2.45, 2.75) is 26.3 Å². The second-order valence-corrected chi connectivity index (χ2v) is 6.00. The normalized spacial score (nSPS) is 10.9. The van der Waals surface area contributed by atoms with Crippen LogP contribution in [0.2, 0.25) is 5.02 Å². The number of benzene rings is 1. The fourth-order valence-electron chi connectivity index (χ4n) is 1.65. The standard InChI is InChI=1S/C13H16ClN3OS/c1-8(2)16-12(18)5-6-15-13-17-10-7-9(14)3-4-11(10)19-13/h3-4,7-8H,5-6H2,1-2H3,(H,15,17)(H,16,18). The number of aromatic nitrogens is 1. The van der Waals surface area contributed by atoms with E-state index in [2.05, 4.69) is 15.6 Å². The minimum atomic E-state index is 0.0478. The minimum Gasteiger partial charge on any atom is -0.361 e. The smallest absolute Gasteiger partial charge is 0.221 e. The molecule has 6 heteroatoms. The number of anilines is 1. The number of nitrogens with one attached hydrogen (secondary N) is 2. The van der Waals surface area contributed by atoms with Gasteiger partial charge in [-0.3, -0.25) is 4.79 Å². The molecular formula is C13H16ClN3OS. The van der Waals surface area contributed by atoms with Crippen molar-refractivity contribution in [3.05, 3.63) is 23.2 Å². The number of hydrogen-bond donors (Lipinski definition) is 2. The van der Waals surface area contributed by atoms with E-state index in [0.29, 0.717) is 18.0 Å². The maximum atomic E-state index is 11.5. The average molecular weight is 298 g/mol. The summed E-state index contributed by atoms with van der Waals surface area (Å²) >= 11 is 7.47. The first-order valence-electron chi connectivity index (χ1n) is 6.14. The number of fused-ring (bicyclic) bond motifs is 1. The Morgan fingerprint density at radius 1 is 1.47 bits per heavy atom. The molecule has 0 radical (unpaired) electrons. The third-order valence-corrected chi connectivity index (χ3v) is 3.66. The van der Waals surface area contributed by atoms with E-state index in [0.717, 1.165) is 15.3 Å². The van der Waals surface area contributed by atoms with E-state index < -0.39 is 0 Å². The second-order valence-electron chi connectivity index (χ2n) is 4.53. The maximum Gasteiger partial charge on any atom is 0.221 e. The molecule has 0 aliphatic carbocycles. The summed E-state index contributed by atoms with van der Waals surface area (Å²) in [5.74, 6) is 0.0478. The van der Waals surface area contributed by atoms with Gasteiger partial charge in [0.15, 0.2) is 5.13 Å². The van der Waals surface area contributed by atoms with Crippen molar-refractivity contribution in [2.24, 2.45) is 0 Å². The van der Waals surface area contributed by atoms with Gasteiger partial charge in [-0.1, -0.05) is 22.9 Å². The quantitative estimate of drug-likeness (QED) is 0.890. The van der Waals surface area contributed by atoms with Crippen LogP contribution in [0.4, 0.5) is 5.13 Å². The van der Waals surface area contributed by atoms with E-state index in [1.807, 2.05) is 32.0 Å². The van der Waals surface area contributed by atoms with E-state index in [1.165, 1.54) is 0 Å². The predicted molar refractivity (Wildman–Crippen MR) is 81.0 cm³/mol. The molecule has 1 heterocycles. The third-order valence-electron chi connectivity index (χ3n) is 2.43. The Bertz CT molecular complexity index is 582. The predicted octanol–water partition coefficient (Wildman–Crippen LogP) is 3.28. The first-order chi connectivity index (χ1) is 9.04. The fraction of sp³-hybridized carbons (Fsp3) is 0.385. The molecule has 1 aromatic carbocycles. The highest BCUT2D eigenvalue weighted by atomic mass is 35.5. The van der Waals surface area contributed by atoms with Crippen molar-refractivity contribution < 1.29 is 4.79 Å². The van der Waals surface area contributed by atoms with Crippen LogP contribution in [0.15, 0.2) is 18.2 Å². The zero-order valence-electron chi connectivity index (χ0n) is 10.9. The van der Waals surface area contributed by atoms with E-state index in [4.69, 9.17) is 11.6 Å². The summed E-state index contributed by atoms with van der Waals surface area (Å²) in [5.41, 5.74) is 0.881. The molecular weight excluding hydrogens is 282 g/mol. The number of halogens is 1. The lowest BCUT2D eigenvalue weighted by molar-refractivity contribution is -0.121. The largest absolute Gasteiger partial charge is 0.361 e. The van der Waals surface area contributed by atoms with Crippen molar-refractivity contribution >= 4 is 44.2 Å². The molecule has 2 aromatic rings. The van der Waals surface area contributed by atoms with Crippen LogP contribution in [0.5, 0.6) is 0 Å². The third kappa shape index (κ3) is 4.08. The summed E-state index contributed by atoms with van der Waals surface area (Å²) in [6.07, 6.45) is 0.439. The lowest BCUT2D eigenvalue weighted by atomic mass is 10.3.